The Morgan fingerprint density at radius 1 is 1.42 bits per heavy atom. The topological polar surface area (TPSA) is 63.9 Å². The van der Waals surface area contributed by atoms with Crippen molar-refractivity contribution < 1.29 is 4.74 Å². The van der Waals surface area contributed by atoms with E-state index in [4.69, 9.17) is 10.5 Å². The van der Waals surface area contributed by atoms with Crippen molar-refractivity contribution in [3.8, 4) is 16.9 Å². The van der Waals surface area contributed by atoms with Crippen LogP contribution in [0.15, 0.2) is 18.2 Å². The molecule has 0 fully saturated rings. The summed E-state index contributed by atoms with van der Waals surface area (Å²) < 4.78 is 5.66. The predicted octanol–water partition coefficient (Wildman–Crippen LogP) is 2.21. The average molecular weight is 257 g/mol. The van der Waals surface area contributed by atoms with E-state index in [1.54, 1.807) is 0 Å². The first-order chi connectivity index (χ1) is 9.29. The van der Waals surface area contributed by atoms with Gasteiger partial charge in [-0.25, -0.2) is 0 Å². The second kappa shape index (κ2) is 5.05. The molecule has 0 aliphatic carbocycles. The van der Waals surface area contributed by atoms with E-state index in [0.717, 1.165) is 43.0 Å². The second-order valence-electron chi connectivity index (χ2n) is 4.98. The lowest BCUT2D eigenvalue weighted by atomic mass is 9.97. The van der Waals surface area contributed by atoms with E-state index >= 15 is 0 Å². The summed E-state index contributed by atoms with van der Waals surface area (Å²) in [6.07, 6.45) is 2.98. The molecule has 1 aromatic heterocycles. The predicted molar refractivity (Wildman–Crippen MR) is 75.3 cm³/mol. The molecule has 1 aliphatic heterocycles. The van der Waals surface area contributed by atoms with Crippen LogP contribution in [0.25, 0.3) is 11.1 Å². The number of hydrogen-bond donors (Lipinski definition) is 2. The normalized spacial score (nSPS) is 14.0. The quantitative estimate of drug-likeness (QED) is 0.886. The zero-order valence-electron chi connectivity index (χ0n) is 11.2. The molecule has 2 heterocycles. The number of nitrogens with one attached hydrogen (secondary N) is 1. The Morgan fingerprint density at radius 3 is 3.16 bits per heavy atom. The van der Waals surface area contributed by atoms with Gasteiger partial charge in [0.05, 0.1) is 12.3 Å². The number of aromatic nitrogens is 2. The third-order valence-electron chi connectivity index (χ3n) is 3.60. The first-order valence-corrected chi connectivity index (χ1v) is 6.79. The Balaban J connectivity index is 2.04. The number of ether oxygens (including phenoxy) is 1. The molecule has 3 N–H and O–H groups in total. The number of benzene rings is 1. The molecule has 4 nitrogen and oxygen atoms in total. The van der Waals surface area contributed by atoms with Crippen LogP contribution in [-0.4, -0.2) is 23.3 Å². The largest absolute Gasteiger partial charge is 0.493 e. The summed E-state index contributed by atoms with van der Waals surface area (Å²) in [7, 11) is 0. The van der Waals surface area contributed by atoms with Gasteiger partial charge in [-0.1, -0.05) is 6.07 Å². The summed E-state index contributed by atoms with van der Waals surface area (Å²) in [6, 6.07) is 6.41. The molecule has 1 aliphatic rings. The summed E-state index contributed by atoms with van der Waals surface area (Å²) in [5, 5.41) is 7.42. The minimum absolute atomic E-state index is 0.616. The van der Waals surface area contributed by atoms with Crippen LogP contribution < -0.4 is 10.5 Å². The van der Waals surface area contributed by atoms with Gasteiger partial charge in [0.1, 0.15) is 5.75 Å². The van der Waals surface area contributed by atoms with Crippen LogP contribution in [0.3, 0.4) is 0 Å². The second-order valence-corrected chi connectivity index (χ2v) is 4.98. The van der Waals surface area contributed by atoms with Crippen molar-refractivity contribution in [1.29, 1.82) is 0 Å². The third-order valence-corrected chi connectivity index (χ3v) is 3.60. The van der Waals surface area contributed by atoms with Crippen molar-refractivity contribution in [3.05, 3.63) is 35.2 Å². The summed E-state index contributed by atoms with van der Waals surface area (Å²) >= 11 is 0. The van der Waals surface area contributed by atoms with E-state index in [2.05, 4.69) is 35.3 Å². The highest BCUT2D eigenvalue weighted by Crippen LogP contribution is 2.32. The van der Waals surface area contributed by atoms with Gasteiger partial charge in [0.15, 0.2) is 0 Å². The molecule has 3 rings (SSSR count). The zero-order chi connectivity index (χ0) is 13.2. The van der Waals surface area contributed by atoms with E-state index in [-0.39, 0.29) is 0 Å². The molecule has 0 saturated heterocycles. The number of aryl methyl sites for hydroxylation is 2. The van der Waals surface area contributed by atoms with Gasteiger partial charge in [0.25, 0.3) is 0 Å². The zero-order valence-corrected chi connectivity index (χ0v) is 11.2. The minimum atomic E-state index is 0.616. The van der Waals surface area contributed by atoms with Crippen molar-refractivity contribution in [2.24, 2.45) is 5.73 Å². The fourth-order valence-corrected chi connectivity index (χ4v) is 2.70. The van der Waals surface area contributed by atoms with E-state index in [1.807, 2.05) is 0 Å². The van der Waals surface area contributed by atoms with Crippen molar-refractivity contribution in [2.75, 3.05) is 13.2 Å². The molecular weight excluding hydrogens is 238 g/mol. The van der Waals surface area contributed by atoms with Gasteiger partial charge in [-0.15, -0.1) is 0 Å². The number of rotatable bonds is 3. The smallest absolute Gasteiger partial charge is 0.122 e. The Bertz CT molecular complexity index is 589. The summed E-state index contributed by atoms with van der Waals surface area (Å²) in [4.78, 5) is 0. The molecule has 2 aromatic rings. The van der Waals surface area contributed by atoms with Gasteiger partial charge >= 0.3 is 0 Å². The van der Waals surface area contributed by atoms with Crippen LogP contribution in [0.5, 0.6) is 5.75 Å². The van der Waals surface area contributed by atoms with E-state index in [0.29, 0.717) is 6.54 Å². The fraction of sp³-hybridized carbons (Fsp3) is 0.400. The van der Waals surface area contributed by atoms with Crippen LogP contribution in [0.1, 0.15) is 23.4 Å². The maximum absolute atomic E-state index is 5.66. The number of nitrogens with two attached hydrogens (primary N) is 1. The molecule has 1 aromatic carbocycles. The highest BCUT2D eigenvalue weighted by Gasteiger charge is 2.15. The highest BCUT2D eigenvalue weighted by atomic mass is 16.5. The van der Waals surface area contributed by atoms with Gasteiger partial charge in [-0.2, -0.15) is 5.10 Å². The molecule has 0 saturated carbocycles. The minimum Gasteiger partial charge on any atom is -0.493 e. The molecule has 0 radical (unpaired) electrons. The van der Waals surface area contributed by atoms with Gasteiger partial charge < -0.3 is 10.5 Å². The third kappa shape index (κ3) is 2.24. The molecule has 0 spiro atoms. The molecular formula is C15H19N3O. The summed E-state index contributed by atoms with van der Waals surface area (Å²) in [6.45, 7) is 3.50. The monoisotopic (exact) mass is 257 g/mol. The van der Waals surface area contributed by atoms with E-state index in [9.17, 15) is 0 Å². The molecule has 0 bridgehead atoms. The highest BCUT2D eigenvalue weighted by molar-refractivity contribution is 5.70. The van der Waals surface area contributed by atoms with Gasteiger partial charge in [0.2, 0.25) is 0 Å². The van der Waals surface area contributed by atoms with Crippen LogP contribution in [0, 0.1) is 6.92 Å². The fourth-order valence-electron chi connectivity index (χ4n) is 2.70. The Labute approximate surface area is 113 Å². The lowest BCUT2D eigenvalue weighted by molar-refractivity contribution is 0.288. The number of nitrogens with zero attached hydrogens (tertiary/aromatic N) is 1. The molecule has 19 heavy (non-hydrogen) atoms. The van der Waals surface area contributed by atoms with E-state index in [1.165, 1.54) is 16.7 Å². The maximum Gasteiger partial charge on any atom is 0.122 e. The van der Waals surface area contributed by atoms with Crippen molar-refractivity contribution >= 4 is 0 Å². The lowest BCUT2D eigenvalue weighted by Crippen LogP contribution is -2.08. The molecule has 0 amide bonds. The van der Waals surface area contributed by atoms with Crippen LogP contribution >= 0.6 is 0 Å². The lowest BCUT2D eigenvalue weighted by Gasteiger charge is -2.18. The Morgan fingerprint density at radius 2 is 2.32 bits per heavy atom. The molecule has 0 unspecified atom stereocenters. The first-order valence-electron chi connectivity index (χ1n) is 6.79. The summed E-state index contributed by atoms with van der Waals surface area (Å²) in [5.41, 5.74) is 11.5. The Hall–Kier alpha value is -1.81. The number of aromatic amines is 1. The average Bonchev–Trinajstić information content (AvgIpc) is 2.80. The van der Waals surface area contributed by atoms with Crippen LogP contribution in [-0.2, 0) is 12.8 Å². The van der Waals surface area contributed by atoms with Gasteiger partial charge in [-0.05, 0) is 49.6 Å². The van der Waals surface area contributed by atoms with Crippen molar-refractivity contribution in [3.63, 3.8) is 0 Å². The maximum atomic E-state index is 5.66. The molecule has 100 valence electrons. The SMILES string of the molecule is Cc1[nH]nc(CCN)c1-c1ccc2c(c1)CCCO2. The first kappa shape index (κ1) is 12.2. The Kier molecular flexibility index (Phi) is 3.25. The number of hydrogen-bond acceptors (Lipinski definition) is 3. The van der Waals surface area contributed by atoms with Crippen molar-refractivity contribution in [1.82, 2.24) is 10.2 Å². The van der Waals surface area contributed by atoms with Crippen LogP contribution in [0.4, 0.5) is 0 Å². The molecule has 4 heteroatoms. The molecule has 0 atom stereocenters. The van der Waals surface area contributed by atoms with Gasteiger partial charge in [0, 0.05) is 17.7 Å². The summed E-state index contributed by atoms with van der Waals surface area (Å²) in [5.74, 6) is 1.02. The van der Waals surface area contributed by atoms with Gasteiger partial charge in [-0.3, -0.25) is 5.10 Å². The number of fused-ring (bicyclic) bond motifs is 1. The number of H-pyrrole nitrogens is 1. The van der Waals surface area contributed by atoms with Crippen LogP contribution in [0.2, 0.25) is 0 Å². The van der Waals surface area contributed by atoms with E-state index < -0.39 is 0 Å². The standard InChI is InChI=1S/C15H19N3O/c1-10-15(13(6-7-16)18-17-10)12-4-5-14-11(9-12)3-2-8-19-14/h4-5,9H,2-3,6-8,16H2,1H3,(H,17,18). The van der Waals surface area contributed by atoms with Crippen molar-refractivity contribution in [2.45, 2.75) is 26.2 Å².